The second-order valence-electron chi connectivity index (χ2n) is 10.1. The molecule has 0 aromatic rings. The van der Waals surface area contributed by atoms with E-state index >= 15 is 0 Å². The van der Waals surface area contributed by atoms with Crippen molar-refractivity contribution in [1.82, 2.24) is 16.0 Å². The number of aliphatic carboxylic acids is 3. The van der Waals surface area contributed by atoms with Gasteiger partial charge in [0.25, 0.3) is 0 Å². The average Bonchev–Trinajstić information content (AvgIpc) is 2.88. The average molecular weight is 572 g/mol. The van der Waals surface area contributed by atoms with Crippen LogP contribution in [0.25, 0.3) is 0 Å². The van der Waals surface area contributed by atoms with Crippen LogP contribution < -0.4 is 16.0 Å². The minimum Gasteiger partial charge on any atom is -0.481 e. The van der Waals surface area contributed by atoms with Gasteiger partial charge >= 0.3 is 17.9 Å². The summed E-state index contributed by atoms with van der Waals surface area (Å²) in [6.45, 7) is 2.26. The molecule has 2 atom stereocenters. The van der Waals surface area contributed by atoms with E-state index in [1.54, 1.807) is 6.92 Å². The van der Waals surface area contributed by atoms with Crippen molar-refractivity contribution in [2.24, 2.45) is 0 Å². The summed E-state index contributed by atoms with van der Waals surface area (Å²) in [6.07, 6.45) is 12.1. The highest BCUT2D eigenvalue weighted by Gasteiger charge is 2.21. The molecule has 0 bridgehead atoms. The zero-order valence-electron chi connectivity index (χ0n) is 23.9. The molecule has 230 valence electrons. The third-order valence-electron chi connectivity index (χ3n) is 6.51. The quantitative estimate of drug-likeness (QED) is 0.0842. The summed E-state index contributed by atoms with van der Waals surface area (Å²) in [7, 11) is 0. The Bertz CT molecular complexity index is 789. The number of carboxylic acids is 3. The minimum absolute atomic E-state index is 0.0547. The molecule has 2 unspecified atom stereocenters. The number of rotatable bonds is 26. The standard InChI is InChI=1S/C28H49N3O9/c1-2-29-23(32)19-17-21(27(37)38)30-24(33)15-13-11-9-7-5-3-4-6-8-10-12-14-16-25(34)31-22(28(39)40)18-20-26(35)36/h21-22H,2-20H2,1H3,(H,29,32)(H,30,33)(H,31,34)(H,35,36)(H,37,38)(H,39,40). The lowest BCUT2D eigenvalue weighted by Crippen LogP contribution is -2.41. The van der Waals surface area contributed by atoms with E-state index in [9.17, 15) is 33.9 Å². The molecule has 40 heavy (non-hydrogen) atoms. The third kappa shape index (κ3) is 21.7. The molecule has 0 aliphatic carbocycles. The predicted molar refractivity (Wildman–Crippen MR) is 149 cm³/mol. The van der Waals surface area contributed by atoms with Gasteiger partial charge < -0.3 is 31.3 Å². The number of carbonyl (C=O) groups excluding carboxylic acids is 3. The molecule has 12 nitrogen and oxygen atoms in total. The number of nitrogens with one attached hydrogen (secondary N) is 3. The lowest BCUT2D eigenvalue weighted by atomic mass is 10.0. The summed E-state index contributed by atoms with van der Waals surface area (Å²) in [5.41, 5.74) is 0. The maximum Gasteiger partial charge on any atom is 0.326 e. The van der Waals surface area contributed by atoms with E-state index in [2.05, 4.69) is 16.0 Å². The van der Waals surface area contributed by atoms with E-state index < -0.39 is 30.0 Å². The maximum absolute atomic E-state index is 12.0. The Hall–Kier alpha value is -3.18. The molecule has 0 aliphatic heterocycles. The normalized spacial score (nSPS) is 12.2. The van der Waals surface area contributed by atoms with Crippen molar-refractivity contribution in [3.8, 4) is 0 Å². The van der Waals surface area contributed by atoms with Crippen molar-refractivity contribution in [2.45, 2.75) is 135 Å². The summed E-state index contributed by atoms with van der Waals surface area (Å²) in [6, 6.07) is -2.22. The first-order chi connectivity index (χ1) is 19.1. The second kappa shape index (κ2) is 23.7. The fraction of sp³-hybridized carbons (Fsp3) is 0.786. The number of carbonyl (C=O) groups is 6. The van der Waals surface area contributed by atoms with Crippen LogP contribution in [0.2, 0.25) is 0 Å². The number of hydrogen-bond donors (Lipinski definition) is 6. The topological polar surface area (TPSA) is 199 Å². The summed E-state index contributed by atoms with van der Waals surface area (Å²) < 4.78 is 0. The van der Waals surface area contributed by atoms with Gasteiger partial charge in [-0.2, -0.15) is 0 Å². The van der Waals surface area contributed by atoms with Crippen molar-refractivity contribution >= 4 is 35.6 Å². The molecular formula is C28H49N3O9. The van der Waals surface area contributed by atoms with Crippen LogP contribution in [0.1, 0.15) is 122 Å². The van der Waals surface area contributed by atoms with Crippen molar-refractivity contribution in [3.05, 3.63) is 0 Å². The highest BCUT2D eigenvalue weighted by Crippen LogP contribution is 2.13. The SMILES string of the molecule is CCNC(=O)CCC(NC(=O)CCCCCCCCCCCCCCC(=O)NC(CCC(=O)O)C(=O)O)C(=O)O. The van der Waals surface area contributed by atoms with Gasteiger partial charge in [-0.05, 0) is 32.6 Å². The van der Waals surface area contributed by atoms with Gasteiger partial charge in [-0.3, -0.25) is 19.2 Å². The zero-order valence-corrected chi connectivity index (χ0v) is 23.9. The number of unbranched alkanes of at least 4 members (excludes halogenated alkanes) is 11. The summed E-state index contributed by atoms with van der Waals surface area (Å²) >= 11 is 0. The van der Waals surface area contributed by atoms with Crippen LogP contribution in [0.5, 0.6) is 0 Å². The summed E-state index contributed by atoms with van der Waals surface area (Å²) in [4.78, 5) is 68.4. The van der Waals surface area contributed by atoms with E-state index in [0.29, 0.717) is 19.4 Å². The number of hydrogen-bond acceptors (Lipinski definition) is 6. The van der Waals surface area contributed by atoms with Crippen LogP contribution in [0.15, 0.2) is 0 Å². The fourth-order valence-corrected chi connectivity index (χ4v) is 4.22. The molecule has 0 saturated heterocycles. The highest BCUT2D eigenvalue weighted by atomic mass is 16.4. The van der Waals surface area contributed by atoms with Crippen LogP contribution in [-0.2, 0) is 28.8 Å². The lowest BCUT2D eigenvalue weighted by molar-refractivity contribution is -0.143. The number of amides is 3. The van der Waals surface area contributed by atoms with Gasteiger partial charge in [0.1, 0.15) is 12.1 Å². The van der Waals surface area contributed by atoms with E-state index in [0.717, 1.165) is 64.2 Å². The molecule has 0 radical (unpaired) electrons. The van der Waals surface area contributed by atoms with Crippen molar-refractivity contribution < 1.29 is 44.1 Å². The molecule has 0 fully saturated rings. The second-order valence-corrected chi connectivity index (χ2v) is 10.1. The molecule has 6 N–H and O–H groups in total. The third-order valence-corrected chi connectivity index (χ3v) is 6.51. The van der Waals surface area contributed by atoms with Crippen LogP contribution in [0, 0.1) is 0 Å². The Morgan fingerprint density at radius 3 is 1.18 bits per heavy atom. The Morgan fingerprint density at radius 1 is 0.500 bits per heavy atom. The Morgan fingerprint density at radius 2 is 0.850 bits per heavy atom. The summed E-state index contributed by atoms with van der Waals surface area (Å²) in [5.74, 6) is -4.36. The Labute approximate surface area is 237 Å². The van der Waals surface area contributed by atoms with Crippen LogP contribution in [0.4, 0.5) is 0 Å². The van der Waals surface area contributed by atoms with Gasteiger partial charge in [-0.1, -0.05) is 64.2 Å². The molecule has 3 amide bonds. The molecule has 0 saturated carbocycles. The Balaban J connectivity index is 3.68. The molecule has 12 heteroatoms. The van der Waals surface area contributed by atoms with E-state index in [4.69, 9.17) is 10.2 Å². The van der Waals surface area contributed by atoms with Crippen molar-refractivity contribution in [1.29, 1.82) is 0 Å². The number of carboxylic acid groups (broad SMARTS) is 3. The lowest BCUT2D eigenvalue weighted by Gasteiger charge is -2.14. The predicted octanol–water partition coefficient (Wildman–Crippen LogP) is 3.37. The van der Waals surface area contributed by atoms with E-state index in [-0.39, 0.29) is 56.2 Å². The van der Waals surface area contributed by atoms with E-state index in [1.165, 1.54) is 0 Å². The largest absolute Gasteiger partial charge is 0.481 e. The van der Waals surface area contributed by atoms with Gasteiger partial charge in [0.2, 0.25) is 17.7 Å². The molecule has 0 rings (SSSR count). The summed E-state index contributed by atoms with van der Waals surface area (Å²) in [5, 5.41) is 34.5. The first-order valence-corrected chi connectivity index (χ1v) is 14.6. The van der Waals surface area contributed by atoms with Crippen LogP contribution in [-0.4, -0.2) is 69.6 Å². The molecule has 0 heterocycles. The molecule has 0 aromatic heterocycles. The van der Waals surface area contributed by atoms with Crippen molar-refractivity contribution in [3.63, 3.8) is 0 Å². The zero-order chi connectivity index (χ0) is 30.2. The fourth-order valence-electron chi connectivity index (χ4n) is 4.22. The molecule has 0 aromatic carbocycles. The first-order valence-electron chi connectivity index (χ1n) is 14.6. The molecule has 0 aliphatic rings. The van der Waals surface area contributed by atoms with Gasteiger partial charge in [0.05, 0.1) is 0 Å². The minimum atomic E-state index is -1.23. The maximum atomic E-state index is 12.0. The van der Waals surface area contributed by atoms with Crippen molar-refractivity contribution in [2.75, 3.05) is 6.54 Å². The van der Waals surface area contributed by atoms with E-state index in [1.807, 2.05) is 0 Å². The monoisotopic (exact) mass is 571 g/mol. The van der Waals surface area contributed by atoms with Gasteiger partial charge in [0.15, 0.2) is 0 Å². The highest BCUT2D eigenvalue weighted by molar-refractivity contribution is 5.85. The molecule has 0 spiro atoms. The van der Waals surface area contributed by atoms with Crippen LogP contribution >= 0.6 is 0 Å². The van der Waals surface area contributed by atoms with Gasteiger partial charge in [-0.15, -0.1) is 0 Å². The first kappa shape index (κ1) is 36.8. The van der Waals surface area contributed by atoms with Gasteiger partial charge in [-0.25, -0.2) is 9.59 Å². The smallest absolute Gasteiger partial charge is 0.326 e. The Kier molecular flexibility index (Phi) is 21.8. The molecular weight excluding hydrogens is 522 g/mol. The van der Waals surface area contributed by atoms with Gasteiger partial charge in [0, 0.05) is 32.2 Å². The van der Waals surface area contributed by atoms with Crippen LogP contribution in [0.3, 0.4) is 0 Å².